The third-order valence-electron chi connectivity index (χ3n) is 5.14. The molecule has 3 heterocycles. The molecule has 1 saturated carbocycles. The first-order valence-electron chi connectivity index (χ1n) is 9.52. The van der Waals surface area contributed by atoms with Gasteiger partial charge in [0.05, 0.1) is 12.7 Å². The summed E-state index contributed by atoms with van der Waals surface area (Å²) in [5.74, 6) is 0.259. The van der Waals surface area contributed by atoms with Crippen LogP contribution in [0, 0.1) is 5.92 Å². The summed E-state index contributed by atoms with van der Waals surface area (Å²) in [7, 11) is 0. The minimum Gasteiger partial charge on any atom is -0.349 e. The maximum absolute atomic E-state index is 12.5. The van der Waals surface area contributed by atoms with Gasteiger partial charge in [0.15, 0.2) is 11.5 Å². The number of H-pyrrole nitrogens is 1. The Morgan fingerprint density at radius 2 is 2.00 bits per heavy atom. The Morgan fingerprint density at radius 1 is 1.17 bits per heavy atom. The van der Waals surface area contributed by atoms with E-state index in [1.807, 2.05) is 28.8 Å². The highest BCUT2D eigenvalue weighted by molar-refractivity contribution is 5.92. The number of hydrogen-bond acceptors (Lipinski definition) is 6. The van der Waals surface area contributed by atoms with E-state index in [2.05, 4.69) is 30.8 Å². The van der Waals surface area contributed by atoms with Crippen molar-refractivity contribution in [1.82, 2.24) is 35.2 Å². The fraction of sp³-hybridized carbons (Fsp3) is 0.368. The Bertz CT molecular complexity index is 1060. The normalized spacial score (nSPS) is 19.0. The zero-order chi connectivity index (χ0) is 20.2. The van der Waals surface area contributed by atoms with Crippen molar-refractivity contribution in [2.24, 2.45) is 5.92 Å². The van der Waals surface area contributed by atoms with Crippen LogP contribution in [-0.4, -0.2) is 42.4 Å². The molecule has 1 fully saturated rings. The molecule has 0 aliphatic heterocycles. The summed E-state index contributed by atoms with van der Waals surface area (Å²) in [6.45, 7) is 0.318. The molecule has 10 nitrogen and oxygen atoms in total. The van der Waals surface area contributed by atoms with Gasteiger partial charge in [-0.1, -0.05) is 6.07 Å². The van der Waals surface area contributed by atoms with Gasteiger partial charge in [0.1, 0.15) is 5.69 Å². The molecule has 3 N–H and O–H groups in total. The van der Waals surface area contributed by atoms with Gasteiger partial charge >= 0.3 is 0 Å². The van der Waals surface area contributed by atoms with Crippen molar-refractivity contribution in [3.63, 3.8) is 0 Å². The number of aromatic amines is 1. The molecule has 0 radical (unpaired) electrons. The number of amides is 2. The molecule has 0 saturated heterocycles. The zero-order valence-corrected chi connectivity index (χ0v) is 15.7. The second-order valence-corrected chi connectivity index (χ2v) is 7.08. The second kappa shape index (κ2) is 8.21. The molecule has 4 rings (SSSR count). The summed E-state index contributed by atoms with van der Waals surface area (Å²) in [5, 5.41) is 14.0. The topological polar surface area (TPSA) is 134 Å². The minimum absolute atomic E-state index is 0.00948. The molecule has 0 unspecified atom stereocenters. The fourth-order valence-corrected chi connectivity index (χ4v) is 3.55. The lowest BCUT2D eigenvalue weighted by molar-refractivity contribution is -0.126. The number of hydrogen-bond donors (Lipinski definition) is 3. The summed E-state index contributed by atoms with van der Waals surface area (Å²) >= 11 is 0. The molecule has 0 aromatic carbocycles. The van der Waals surface area contributed by atoms with E-state index in [0.29, 0.717) is 38.1 Å². The minimum atomic E-state index is -0.354. The first kappa shape index (κ1) is 18.8. The van der Waals surface area contributed by atoms with Crippen LogP contribution < -0.4 is 16.2 Å². The van der Waals surface area contributed by atoms with Crippen molar-refractivity contribution in [1.29, 1.82) is 0 Å². The summed E-state index contributed by atoms with van der Waals surface area (Å²) in [6, 6.07) is 5.62. The van der Waals surface area contributed by atoms with Crippen molar-refractivity contribution in [2.45, 2.75) is 38.3 Å². The molecule has 29 heavy (non-hydrogen) atoms. The quantitative estimate of drug-likeness (QED) is 0.573. The summed E-state index contributed by atoms with van der Waals surface area (Å²) < 4.78 is 1.84. The molecule has 1 aliphatic rings. The van der Waals surface area contributed by atoms with E-state index in [0.717, 1.165) is 11.8 Å². The van der Waals surface area contributed by atoms with E-state index in [-0.39, 0.29) is 35.0 Å². The molecule has 2 amide bonds. The van der Waals surface area contributed by atoms with Gasteiger partial charge in [-0.15, -0.1) is 10.2 Å². The maximum Gasteiger partial charge on any atom is 0.271 e. The number of nitrogens with one attached hydrogen (secondary N) is 3. The van der Waals surface area contributed by atoms with Gasteiger partial charge in [0, 0.05) is 24.4 Å². The molecule has 0 spiro atoms. The molecule has 0 atom stereocenters. The van der Waals surface area contributed by atoms with Crippen LogP contribution in [0.15, 0.2) is 41.6 Å². The lowest BCUT2D eigenvalue weighted by atomic mass is 9.85. The lowest BCUT2D eigenvalue weighted by Gasteiger charge is -2.28. The van der Waals surface area contributed by atoms with Crippen LogP contribution in [0.1, 0.15) is 42.0 Å². The molecular weight excluding hydrogens is 374 g/mol. The molecule has 10 heteroatoms. The molecule has 1 aliphatic carbocycles. The highest BCUT2D eigenvalue weighted by Gasteiger charge is 2.27. The van der Waals surface area contributed by atoms with Gasteiger partial charge in [0.2, 0.25) is 5.91 Å². The SMILES string of the molecule is O=C(NC1CCC(C(=O)NCc2nnc3ccccn23)CC1)c1c[nH]c(=O)cn1. The van der Waals surface area contributed by atoms with Crippen molar-refractivity contribution < 1.29 is 9.59 Å². The molecule has 150 valence electrons. The van der Waals surface area contributed by atoms with Crippen molar-refractivity contribution >= 4 is 17.5 Å². The van der Waals surface area contributed by atoms with Crippen LogP contribution in [-0.2, 0) is 11.3 Å². The number of nitrogens with zero attached hydrogens (tertiary/aromatic N) is 4. The smallest absolute Gasteiger partial charge is 0.271 e. The van der Waals surface area contributed by atoms with E-state index in [9.17, 15) is 14.4 Å². The fourth-order valence-electron chi connectivity index (χ4n) is 3.55. The summed E-state index contributed by atoms with van der Waals surface area (Å²) in [5.41, 5.74) is 0.558. The van der Waals surface area contributed by atoms with Gasteiger partial charge in [0.25, 0.3) is 11.5 Å². The predicted molar refractivity (Wildman–Crippen MR) is 103 cm³/mol. The predicted octanol–water partition coefficient (Wildman–Crippen LogP) is 0.418. The monoisotopic (exact) mass is 395 g/mol. The maximum atomic E-state index is 12.5. The highest BCUT2D eigenvalue weighted by atomic mass is 16.2. The number of pyridine rings is 1. The highest BCUT2D eigenvalue weighted by Crippen LogP contribution is 2.24. The Kier molecular flexibility index (Phi) is 5.32. The number of rotatable bonds is 5. The van der Waals surface area contributed by atoms with E-state index in [1.54, 1.807) is 0 Å². The van der Waals surface area contributed by atoms with Gasteiger partial charge in [-0.3, -0.25) is 18.8 Å². The van der Waals surface area contributed by atoms with Crippen LogP contribution >= 0.6 is 0 Å². The standard InChI is InChI=1S/C19H21N7O3/c27-17-11-20-14(9-21-17)19(29)23-13-6-4-12(5-7-13)18(28)22-10-16-25-24-15-3-1-2-8-26(15)16/h1-3,8-9,11-13H,4-7,10H2,(H,21,27)(H,22,28)(H,23,29). The van der Waals surface area contributed by atoms with Crippen LogP contribution in [0.2, 0.25) is 0 Å². The molecule has 3 aromatic heterocycles. The number of carbonyl (C=O) groups is 2. The van der Waals surface area contributed by atoms with Crippen LogP contribution in [0.5, 0.6) is 0 Å². The first-order chi connectivity index (χ1) is 14.1. The van der Waals surface area contributed by atoms with Gasteiger partial charge in [-0.2, -0.15) is 0 Å². The average molecular weight is 395 g/mol. The summed E-state index contributed by atoms with van der Waals surface area (Å²) in [4.78, 5) is 42.0. The van der Waals surface area contributed by atoms with Gasteiger partial charge in [-0.25, -0.2) is 4.98 Å². The lowest BCUT2D eigenvalue weighted by Crippen LogP contribution is -2.41. The van der Waals surface area contributed by atoms with E-state index in [1.165, 1.54) is 6.20 Å². The van der Waals surface area contributed by atoms with Gasteiger partial charge < -0.3 is 15.6 Å². The second-order valence-electron chi connectivity index (χ2n) is 7.08. The number of carbonyl (C=O) groups excluding carboxylic acids is 2. The van der Waals surface area contributed by atoms with Crippen LogP contribution in [0.3, 0.4) is 0 Å². The van der Waals surface area contributed by atoms with E-state index in [4.69, 9.17) is 0 Å². The third-order valence-corrected chi connectivity index (χ3v) is 5.14. The third kappa shape index (κ3) is 4.31. The van der Waals surface area contributed by atoms with E-state index < -0.39 is 0 Å². The molecule has 3 aromatic rings. The Labute approximate surface area is 165 Å². The van der Waals surface area contributed by atoms with Gasteiger partial charge in [-0.05, 0) is 37.8 Å². The van der Waals surface area contributed by atoms with Crippen LogP contribution in [0.25, 0.3) is 5.65 Å². The van der Waals surface area contributed by atoms with Crippen molar-refractivity contribution in [2.75, 3.05) is 0 Å². The number of fused-ring (bicyclic) bond motifs is 1. The Balaban J connectivity index is 1.25. The zero-order valence-electron chi connectivity index (χ0n) is 15.7. The van der Waals surface area contributed by atoms with E-state index >= 15 is 0 Å². The summed E-state index contributed by atoms with van der Waals surface area (Å²) in [6.07, 6.45) is 7.04. The van der Waals surface area contributed by atoms with Crippen LogP contribution in [0.4, 0.5) is 0 Å². The first-order valence-corrected chi connectivity index (χ1v) is 9.52. The van der Waals surface area contributed by atoms with Crippen molar-refractivity contribution in [3.8, 4) is 0 Å². The molecule has 0 bridgehead atoms. The molecular formula is C19H21N7O3. The average Bonchev–Trinajstić information content (AvgIpc) is 3.16. The van der Waals surface area contributed by atoms with Crippen molar-refractivity contribution in [3.05, 3.63) is 58.7 Å². The Hall–Kier alpha value is -3.56. The Morgan fingerprint density at radius 3 is 2.76 bits per heavy atom. The largest absolute Gasteiger partial charge is 0.349 e. The number of aromatic nitrogens is 5.